The van der Waals surface area contributed by atoms with Gasteiger partial charge in [-0.2, -0.15) is 5.10 Å². The van der Waals surface area contributed by atoms with E-state index in [1.165, 1.54) is 5.01 Å². The van der Waals surface area contributed by atoms with Gasteiger partial charge in [0.25, 0.3) is 0 Å². The number of amides is 2. The zero-order chi connectivity index (χ0) is 20.6. The van der Waals surface area contributed by atoms with Gasteiger partial charge in [-0.05, 0) is 43.7 Å². The zero-order valence-corrected chi connectivity index (χ0v) is 17.0. The van der Waals surface area contributed by atoms with Gasteiger partial charge in [0, 0.05) is 31.3 Å². The first-order valence-corrected chi connectivity index (χ1v) is 10.6. The molecule has 7 heteroatoms. The van der Waals surface area contributed by atoms with Gasteiger partial charge in [-0.15, -0.1) is 0 Å². The van der Waals surface area contributed by atoms with Gasteiger partial charge >= 0.3 is 12.0 Å². The van der Waals surface area contributed by atoms with Crippen LogP contribution in [0.25, 0.3) is 0 Å². The number of rotatable bonds is 10. The molecule has 2 fully saturated rings. The van der Waals surface area contributed by atoms with Gasteiger partial charge in [-0.3, -0.25) is 4.79 Å². The summed E-state index contributed by atoms with van der Waals surface area (Å²) < 4.78 is 6.11. The van der Waals surface area contributed by atoms with Gasteiger partial charge < -0.3 is 15.2 Å². The average Bonchev–Trinajstić information content (AvgIpc) is 3.31. The molecule has 0 radical (unpaired) electrons. The van der Waals surface area contributed by atoms with Gasteiger partial charge in [-0.25, -0.2) is 9.80 Å². The number of carboxylic acid groups (broad SMARTS) is 1. The van der Waals surface area contributed by atoms with E-state index in [-0.39, 0.29) is 24.5 Å². The Kier molecular flexibility index (Phi) is 7.63. The van der Waals surface area contributed by atoms with E-state index in [0.717, 1.165) is 50.6 Å². The van der Waals surface area contributed by atoms with E-state index >= 15 is 0 Å². The second-order valence-electron chi connectivity index (χ2n) is 7.96. The molecule has 4 unspecified atom stereocenters. The van der Waals surface area contributed by atoms with Crippen molar-refractivity contribution in [1.29, 1.82) is 0 Å². The summed E-state index contributed by atoms with van der Waals surface area (Å²) in [5.74, 6) is -0.0505. The minimum absolute atomic E-state index is 0.200. The molecule has 4 atom stereocenters. The molecule has 0 aromatic heterocycles. The summed E-state index contributed by atoms with van der Waals surface area (Å²) in [6.07, 6.45) is 9.67. The van der Waals surface area contributed by atoms with Crippen LogP contribution in [0.2, 0.25) is 0 Å². The maximum atomic E-state index is 12.3. The molecule has 158 valence electrons. The summed E-state index contributed by atoms with van der Waals surface area (Å²) in [5, 5.41) is 17.3. The first kappa shape index (κ1) is 21.3. The number of anilines is 1. The van der Waals surface area contributed by atoms with Crippen molar-refractivity contribution in [1.82, 2.24) is 5.01 Å². The third kappa shape index (κ3) is 6.03. The summed E-state index contributed by atoms with van der Waals surface area (Å²) in [6, 6.07) is 9.05. The number of nitrogens with zero attached hydrogens (tertiary/aromatic N) is 2. The monoisotopic (exact) mass is 401 g/mol. The molecule has 7 nitrogen and oxygen atoms in total. The first-order chi connectivity index (χ1) is 14.0. The number of carboxylic acids is 1. The maximum absolute atomic E-state index is 12.3. The van der Waals surface area contributed by atoms with Crippen molar-refractivity contribution in [3.63, 3.8) is 0 Å². The molecule has 1 aromatic rings. The summed E-state index contributed by atoms with van der Waals surface area (Å²) in [5.41, 5.74) is 0.739. The van der Waals surface area contributed by atoms with E-state index in [4.69, 9.17) is 9.84 Å². The lowest BCUT2D eigenvalue weighted by atomic mass is 9.77. The molecule has 1 aromatic carbocycles. The highest BCUT2D eigenvalue weighted by Gasteiger charge is 2.47. The molecular formula is C22H31N3O4. The number of nitrogens with one attached hydrogen (secondary N) is 1. The number of unbranched alkanes of at least 4 members (excludes halogenated alkanes) is 3. The SMILES string of the molecule is CN(/N=C/C1C2CCC(O2)C1CCCCCCC(=O)O)C(=O)Nc1ccccc1. The van der Waals surface area contributed by atoms with Crippen LogP contribution < -0.4 is 5.32 Å². The fourth-order valence-corrected chi connectivity index (χ4v) is 4.36. The van der Waals surface area contributed by atoms with Crippen molar-refractivity contribution in [3.05, 3.63) is 30.3 Å². The van der Waals surface area contributed by atoms with Gasteiger partial charge in [0.2, 0.25) is 0 Å². The molecule has 0 saturated carbocycles. The number of urea groups is 1. The van der Waals surface area contributed by atoms with E-state index < -0.39 is 5.97 Å². The standard InChI is InChI=1S/C22H31N3O4/c1-25(22(28)24-16-9-5-4-6-10-16)23-15-18-17(19-13-14-20(18)29-19)11-7-2-3-8-12-21(26)27/h4-6,9-10,15,17-20H,2-3,7-8,11-14H2,1H3,(H,24,28)(H,26,27)/b23-15+. The summed E-state index contributed by atoms with van der Waals surface area (Å²) in [4.78, 5) is 22.9. The second kappa shape index (κ2) is 10.4. The Labute approximate surface area is 172 Å². The van der Waals surface area contributed by atoms with E-state index in [1.54, 1.807) is 7.05 Å². The highest BCUT2D eigenvalue weighted by molar-refractivity contribution is 5.89. The molecule has 2 aliphatic rings. The molecule has 2 N–H and O–H groups in total. The third-order valence-electron chi connectivity index (χ3n) is 5.90. The normalized spacial score (nSPS) is 25.4. The summed E-state index contributed by atoms with van der Waals surface area (Å²) >= 11 is 0. The number of aliphatic carboxylic acids is 1. The lowest BCUT2D eigenvalue weighted by Crippen LogP contribution is -2.31. The van der Waals surface area contributed by atoms with E-state index in [0.29, 0.717) is 12.0 Å². The van der Waals surface area contributed by atoms with E-state index in [9.17, 15) is 9.59 Å². The summed E-state index contributed by atoms with van der Waals surface area (Å²) in [7, 11) is 1.65. The number of hydrogen-bond donors (Lipinski definition) is 2. The fourth-order valence-electron chi connectivity index (χ4n) is 4.36. The minimum atomic E-state index is -0.719. The van der Waals surface area contributed by atoms with Crippen LogP contribution in [-0.4, -0.2) is 47.6 Å². The highest BCUT2D eigenvalue weighted by Crippen LogP contribution is 2.44. The minimum Gasteiger partial charge on any atom is -0.481 e. The van der Waals surface area contributed by atoms with Crippen LogP contribution in [0.4, 0.5) is 10.5 Å². The zero-order valence-electron chi connectivity index (χ0n) is 17.0. The number of fused-ring (bicyclic) bond motifs is 2. The van der Waals surface area contributed by atoms with Crippen molar-refractivity contribution in [2.24, 2.45) is 16.9 Å². The number of benzene rings is 1. The molecule has 0 aliphatic carbocycles. The molecule has 3 rings (SSSR count). The maximum Gasteiger partial charge on any atom is 0.341 e. The number of carbonyl (C=O) groups is 2. The number of hydrogen-bond acceptors (Lipinski definition) is 4. The fraction of sp³-hybridized carbons (Fsp3) is 0.591. The van der Waals surface area contributed by atoms with Crippen LogP contribution in [0.15, 0.2) is 35.4 Å². The van der Waals surface area contributed by atoms with E-state index in [1.807, 2.05) is 36.5 Å². The van der Waals surface area contributed by atoms with Gasteiger partial charge in [0.1, 0.15) is 0 Å². The van der Waals surface area contributed by atoms with Crippen molar-refractivity contribution in [2.45, 2.75) is 63.6 Å². The van der Waals surface area contributed by atoms with Crippen molar-refractivity contribution in [3.8, 4) is 0 Å². The molecule has 29 heavy (non-hydrogen) atoms. The smallest absolute Gasteiger partial charge is 0.341 e. The Bertz CT molecular complexity index is 709. The molecule has 0 spiro atoms. The lowest BCUT2D eigenvalue weighted by molar-refractivity contribution is -0.137. The Balaban J connectivity index is 1.47. The highest BCUT2D eigenvalue weighted by atomic mass is 16.5. The van der Waals surface area contributed by atoms with Crippen LogP contribution in [0.1, 0.15) is 51.4 Å². The Morgan fingerprint density at radius 2 is 1.90 bits per heavy atom. The van der Waals surface area contributed by atoms with Crippen LogP contribution in [0, 0.1) is 11.8 Å². The predicted octanol–water partition coefficient (Wildman–Crippen LogP) is 4.35. The van der Waals surface area contributed by atoms with Crippen LogP contribution in [0.5, 0.6) is 0 Å². The topological polar surface area (TPSA) is 91.2 Å². The average molecular weight is 402 g/mol. The van der Waals surface area contributed by atoms with E-state index in [2.05, 4.69) is 10.4 Å². The number of ether oxygens (including phenoxy) is 1. The Morgan fingerprint density at radius 3 is 2.66 bits per heavy atom. The molecule has 2 saturated heterocycles. The second-order valence-corrected chi connectivity index (χ2v) is 7.96. The molecular weight excluding hydrogens is 370 g/mol. The number of hydrazone groups is 1. The quantitative estimate of drug-likeness (QED) is 0.346. The number of carbonyl (C=O) groups excluding carboxylic acids is 1. The molecule has 2 aliphatic heterocycles. The Hall–Kier alpha value is -2.41. The van der Waals surface area contributed by atoms with Crippen molar-refractivity contribution < 1.29 is 19.4 Å². The van der Waals surface area contributed by atoms with Gasteiger partial charge in [0.15, 0.2) is 0 Å². The van der Waals surface area contributed by atoms with Crippen molar-refractivity contribution in [2.75, 3.05) is 12.4 Å². The predicted molar refractivity (Wildman–Crippen MR) is 112 cm³/mol. The van der Waals surface area contributed by atoms with Crippen LogP contribution >= 0.6 is 0 Å². The molecule has 2 bridgehead atoms. The lowest BCUT2D eigenvalue weighted by Gasteiger charge is -2.25. The molecule has 2 heterocycles. The first-order valence-electron chi connectivity index (χ1n) is 10.6. The van der Waals surface area contributed by atoms with Crippen molar-refractivity contribution >= 4 is 23.9 Å². The number of para-hydroxylation sites is 1. The van der Waals surface area contributed by atoms with Crippen LogP contribution in [-0.2, 0) is 9.53 Å². The largest absolute Gasteiger partial charge is 0.481 e. The molecule has 2 amide bonds. The van der Waals surface area contributed by atoms with Gasteiger partial charge in [-0.1, -0.05) is 37.5 Å². The Morgan fingerprint density at radius 1 is 1.17 bits per heavy atom. The van der Waals surface area contributed by atoms with Gasteiger partial charge in [0.05, 0.1) is 12.2 Å². The summed E-state index contributed by atoms with van der Waals surface area (Å²) in [6.45, 7) is 0. The van der Waals surface area contributed by atoms with Crippen LogP contribution in [0.3, 0.4) is 0 Å². The third-order valence-corrected chi connectivity index (χ3v) is 5.90.